The molecule has 1 aliphatic carbocycles. The van der Waals surface area contributed by atoms with Gasteiger partial charge in [0.1, 0.15) is 4.21 Å². The Hall–Kier alpha value is -2.19. The van der Waals surface area contributed by atoms with Gasteiger partial charge < -0.3 is 4.52 Å². The average Bonchev–Trinajstić information content (AvgIpc) is 3.42. The van der Waals surface area contributed by atoms with E-state index in [9.17, 15) is 8.42 Å². The second-order valence-electron chi connectivity index (χ2n) is 6.82. The fourth-order valence-corrected chi connectivity index (χ4v) is 5.46. The van der Waals surface area contributed by atoms with Crippen LogP contribution in [0.4, 0.5) is 5.69 Å². The first-order valence-corrected chi connectivity index (χ1v) is 11.5. The third kappa shape index (κ3) is 4.39. The molecule has 1 aliphatic rings. The Morgan fingerprint density at radius 2 is 1.93 bits per heavy atom. The van der Waals surface area contributed by atoms with Crippen LogP contribution in [0.3, 0.4) is 0 Å². The molecule has 4 rings (SSSR count). The first-order chi connectivity index (χ1) is 13.1. The number of hydrogen-bond donors (Lipinski definition) is 1. The third-order valence-electron chi connectivity index (χ3n) is 4.86. The molecule has 0 aliphatic heterocycles. The molecule has 8 heteroatoms. The summed E-state index contributed by atoms with van der Waals surface area (Å²) in [6.45, 7) is 0. The lowest BCUT2D eigenvalue weighted by Gasteiger charge is -2.06. The highest BCUT2D eigenvalue weighted by atomic mass is 32.2. The van der Waals surface area contributed by atoms with E-state index in [1.807, 2.05) is 0 Å². The van der Waals surface area contributed by atoms with Gasteiger partial charge in [-0.25, -0.2) is 8.42 Å². The monoisotopic (exact) mass is 403 g/mol. The minimum absolute atomic E-state index is 0.289. The maximum atomic E-state index is 12.3. The van der Waals surface area contributed by atoms with Gasteiger partial charge in [-0.1, -0.05) is 36.9 Å². The van der Waals surface area contributed by atoms with E-state index in [-0.39, 0.29) is 4.21 Å². The number of anilines is 1. The van der Waals surface area contributed by atoms with Gasteiger partial charge >= 0.3 is 0 Å². The summed E-state index contributed by atoms with van der Waals surface area (Å²) in [5, 5.41) is 5.79. The molecule has 2 aromatic heterocycles. The van der Waals surface area contributed by atoms with E-state index in [1.54, 1.807) is 41.8 Å². The molecule has 0 radical (unpaired) electrons. The van der Waals surface area contributed by atoms with Crippen molar-refractivity contribution in [3.05, 3.63) is 47.7 Å². The molecule has 1 saturated carbocycles. The van der Waals surface area contributed by atoms with Crippen molar-refractivity contribution >= 4 is 27.0 Å². The van der Waals surface area contributed by atoms with Crippen molar-refractivity contribution in [1.29, 1.82) is 0 Å². The van der Waals surface area contributed by atoms with Crippen LogP contribution in [0.2, 0.25) is 0 Å². The standard InChI is InChI=1S/C19H21N3O3S2/c23-27(24,18-6-3-13-26-18)22-16-10-8-15(9-11-16)19-20-17(25-21-19)12-7-14-4-1-2-5-14/h3,6,8-11,13-14,22H,1-2,4-5,7,12H2. The quantitative estimate of drug-likeness (QED) is 0.617. The van der Waals surface area contributed by atoms with Gasteiger partial charge in [-0.3, -0.25) is 4.72 Å². The van der Waals surface area contributed by atoms with Crippen molar-refractivity contribution in [3.8, 4) is 11.4 Å². The molecule has 2 heterocycles. The molecule has 0 atom stereocenters. The van der Waals surface area contributed by atoms with Crippen molar-refractivity contribution in [1.82, 2.24) is 10.1 Å². The van der Waals surface area contributed by atoms with Gasteiger partial charge in [0, 0.05) is 17.7 Å². The first-order valence-electron chi connectivity index (χ1n) is 9.09. The molecule has 1 aromatic carbocycles. The number of nitrogens with one attached hydrogen (secondary N) is 1. The Balaban J connectivity index is 1.40. The van der Waals surface area contributed by atoms with Crippen LogP contribution in [0.1, 0.15) is 38.0 Å². The Morgan fingerprint density at radius 3 is 2.63 bits per heavy atom. The smallest absolute Gasteiger partial charge is 0.271 e. The van der Waals surface area contributed by atoms with E-state index >= 15 is 0 Å². The van der Waals surface area contributed by atoms with Crippen molar-refractivity contribution in [2.75, 3.05) is 4.72 Å². The number of benzene rings is 1. The zero-order valence-corrected chi connectivity index (χ0v) is 16.4. The molecule has 3 aromatic rings. The summed E-state index contributed by atoms with van der Waals surface area (Å²) < 4.78 is 32.8. The summed E-state index contributed by atoms with van der Waals surface area (Å²) in [6.07, 6.45) is 7.21. The number of hydrogen-bond acceptors (Lipinski definition) is 6. The number of sulfonamides is 1. The highest BCUT2D eigenvalue weighted by Crippen LogP contribution is 2.29. The van der Waals surface area contributed by atoms with Gasteiger partial charge in [0.05, 0.1) is 0 Å². The zero-order valence-electron chi connectivity index (χ0n) is 14.8. The SMILES string of the molecule is O=S(=O)(Nc1ccc(-c2noc(CCC3CCCC3)n2)cc1)c1cccs1. The predicted octanol–water partition coefficient (Wildman–Crippen LogP) is 4.72. The molecule has 1 N–H and O–H groups in total. The Labute approximate surface area is 162 Å². The van der Waals surface area contributed by atoms with Gasteiger partial charge in [-0.2, -0.15) is 4.98 Å². The fraction of sp³-hybridized carbons (Fsp3) is 0.368. The Kier molecular flexibility index (Phi) is 5.27. The van der Waals surface area contributed by atoms with Gasteiger partial charge in [0.2, 0.25) is 11.7 Å². The van der Waals surface area contributed by atoms with Crippen LogP contribution in [0.5, 0.6) is 0 Å². The van der Waals surface area contributed by atoms with Gasteiger partial charge in [0.15, 0.2) is 0 Å². The van der Waals surface area contributed by atoms with Crippen LogP contribution in [0.25, 0.3) is 11.4 Å². The minimum atomic E-state index is -3.54. The second-order valence-corrected chi connectivity index (χ2v) is 9.67. The van der Waals surface area contributed by atoms with Crippen molar-refractivity contribution in [2.24, 2.45) is 5.92 Å². The summed E-state index contributed by atoms with van der Waals surface area (Å²) in [5.74, 6) is 1.99. The van der Waals surface area contributed by atoms with Crippen molar-refractivity contribution in [2.45, 2.75) is 42.7 Å². The number of rotatable bonds is 7. The van der Waals surface area contributed by atoms with Crippen LogP contribution in [-0.2, 0) is 16.4 Å². The largest absolute Gasteiger partial charge is 0.339 e. The van der Waals surface area contributed by atoms with Crippen LogP contribution >= 0.6 is 11.3 Å². The molecule has 0 amide bonds. The normalized spacial score (nSPS) is 15.3. The minimum Gasteiger partial charge on any atom is -0.339 e. The molecule has 27 heavy (non-hydrogen) atoms. The van der Waals surface area contributed by atoms with Crippen LogP contribution in [-0.4, -0.2) is 18.6 Å². The van der Waals surface area contributed by atoms with E-state index in [0.29, 0.717) is 17.4 Å². The molecule has 0 saturated heterocycles. The third-order valence-corrected chi connectivity index (χ3v) is 7.64. The maximum Gasteiger partial charge on any atom is 0.271 e. The average molecular weight is 404 g/mol. The molecule has 0 bridgehead atoms. The second kappa shape index (κ2) is 7.82. The van der Waals surface area contributed by atoms with Crippen molar-refractivity contribution in [3.63, 3.8) is 0 Å². The summed E-state index contributed by atoms with van der Waals surface area (Å²) in [6, 6.07) is 10.3. The molecule has 0 unspecified atom stereocenters. The molecule has 6 nitrogen and oxygen atoms in total. The van der Waals surface area contributed by atoms with Gasteiger partial charge in [0.25, 0.3) is 10.0 Å². The molecular weight excluding hydrogens is 382 g/mol. The number of nitrogens with zero attached hydrogens (tertiary/aromatic N) is 2. The van der Waals surface area contributed by atoms with Gasteiger partial charge in [-0.15, -0.1) is 11.3 Å². The van der Waals surface area contributed by atoms with E-state index < -0.39 is 10.0 Å². The van der Waals surface area contributed by atoms with Gasteiger partial charge in [-0.05, 0) is 48.1 Å². The summed E-state index contributed by atoms with van der Waals surface area (Å²) >= 11 is 1.18. The van der Waals surface area contributed by atoms with Crippen molar-refractivity contribution < 1.29 is 12.9 Å². The number of aromatic nitrogens is 2. The lowest BCUT2D eigenvalue weighted by Crippen LogP contribution is -2.11. The Morgan fingerprint density at radius 1 is 1.15 bits per heavy atom. The topological polar surface area (TPSA) is 85.1 Å². The number of aryl methyl sites for hydroxylation is 1. The predicted molar refractivity (Wildman–Crippen MR) is 105 cm³/mol. The van der Waals surface area contributed by atoms with Crippen LogP contribution in [0, 0.1) is 5.92 Å². The zero-order chi connectivity index (χ0) is 18.7. The molecule has 142 valence electrons. The maximum absolute atomic E-state index is 12.3. The summed E-state index contributed by atoms with van der Waals surface area (Å²) in [7, 11) is -3.54. The highest BCUT2D eigenvalue weighted by Gasteiger charge is 2.17. The number of thiophene rings is 1. The van der Waals surface area contributed by atoms with Crippen LogP contribution < -0.4 is 4.72 Å². The highest BCUT2D eigenvalue weighted by molar-refractivity contribution is 7.94. The first kappa shape index (κ1) is 18.2. The lowest BCUT2D eigenvalue weighted by atomic mass is 10.0. The van der Waals surface area contributed by atoms with Crippen LogP contribution in [0.15, 0.2) is 50.5 Å². The summed E-state index contributed by atoms with van der Waals surface area (Å²) in [4.78, 5) is 4.47. The Bertz CT molecular complexity index is 974. The van der Waals surface area contributed by atoms with E-state index in [1.165, 1.54) is 37.0 Å². The van der Waals surface area contributed by atoms with E-state index in [2.05, 4.69) is 14.9 Å². The fourth-order valence-electron chi connectivity index (χ4n) is 3.41. The molecule has 0 spiro atoms. The van der Waals surface area contributed by atoms with E-state index in [4.69, 9.17) is 4.52 Å². The molecule has 1 fully saturated rings. The van der Waals surface area contributed by atoms with E-state index in [0.717, 1.165) is 24.3 Å². The summed E-state index contributed by atoms with van der Waals surface area (Å²) in [5.41, 5.74) is 1.29. The molecular formula is C19H21N3O3S2. The lowest BCUT2D eigenvalue weighted by molar-refractivity contribution is 0.362.